The molecule has 1 atom stereocenters. The van der Waals surface area contributed by atoms with E-state index in [2.05, 4.69) is 32.3 Å². The van der Waals surface area contributed by atoms with Gasteiger partial charge in [0.25, 0.3) is 5.91 Å². The summed E-state index contributed by atoms with van der Waals surface area (Å²) in [5.74, 6) is 1.31. The lowest BCUT2D eigenvalue weighted by molar-refractivity contribution is -0.0498. The highest BCUT2D eigenvalue weighted by Gasteiger charge is 2.32. The number of ether oxygens (including phenoxy) is 1. The summed E-state index contributed by atoms with van der Waals surface area (Å²) in [7, 11) is 1.62. The summed E-state index contributed by atoms with van der Waals surface area (Å²) in [5, 5.41) is 6.01. The second-order valence-electron chi connectivity index (χ2n) is 7.64. The van der Waals surface area contributed by atoms with Crippen molar-refractivity contribution in [2.45, 2.75) is 32.4 Å². The Balaban J connectivity index is 1.50. The van der Waals surface area contributed by atoms with Crippen molar-refractivity contribution in [2.24, 2.45) is 9.98 Å². The highest BCUT2D eigenvalue weighted by Crippen LogP contribution is 2.31. The Hall–Kier alpha value is -3.75. The maximum Gasteiger partial charge on any atom is 0.387 e. The van der Waals surface area contributed by atoms with Gasteiger partial charge in [0.1, 0.15) is 5.75 Å². The highest BCUT2D eigenvalue weighted by molar-refractivity contribution is 6.45. The lowest BCUT2D eigenvalue weighted by atomic mass is 10.0. The Bertz CT molecular complexity index is 1110. The Morgan fingerprint density at radius 2 is 2.03 bits per heavy atom. The number of carbonyl (C=O) groups excluding carboxylic acids is 1. The van der Waals surface area contributed by atoms with Crippen LogP contribution in [0.25, 0.3) is 0 Å². The largest absolute Gasteiger partial charge is 0.435 e. The smallest absolute Gasteiger partial charge is 0.387 e. The van der Waals surface area contributed by atoms with Crippen LogP contribution >= 0.6 is 0 Å². The zero-order valence-corrected chi connectivity index (χ0v) is 18.4. The fraction of sp³-hybridized carbons (Fsp3) is 0.292. The molecule has 9 heteroatoms. The Morgan fingerprint density at radius 3 is 2.73 bits per heavy atom. The summed E-state index contributed by atoms with van der Waals surface area (Å²) in [6.45, 7) is -0.275. The molecule has 33 heavy (non-hydrogen) atoms. The van der Waals surface area contributed by atoms with E-state index in [1.807, 2.05) is 29.3 Å². The van der Waals surface area contributed by atoms with Gasteiger partial charge < -0.3 is 20.3 Å². The van der Waals surface area contributed by atoms with Crippen molar-refractivity contribution >= 4 is 23.3 Å². The molecule has 0 bridgehead atoms. The molecule has 2 heterocycles. The number of aryl methyl sites for hydroxylation is 1. The van der Waals surface area contributed by atoms with E-state index in [9.17, 15) is 13.6 Å². The predicted octanol–water partition coefficient (Wildman–Crippen LogP) is 4.35. The molecule has 2 aliphatic rings. The quantitative estimate of drug-likeness (QED) is 0.653. The zero-order chi connectivity index (χ0) is 23.4. The minimum Gasteiger partial charge on any atom is -0.435 e. The fourth-order valence-corrected chi connectivity index (χ4v) is 3.97. The number of hydrogen-bond donors (Lipinski definition) is 2. The molecule has 0 spiro atoms. The Morgan fingerprint density at radius 1 is 1.24 bits per heavy atom. The second-order valence-corrected chi connectivity index (χ2v) is 7.64. The molecule has 1 unspecified atom stereocenters. The van der Waals surface area contributed by atoms with Crippen molar-refractivity contribution in [1.29, 1.82) is 0 Å². The monoisotopic (exact) mass is 453 g/mol. The first-order valence-electron chi connectivity index (χ1n) is 10.7. The van der Waals surface area contributed by atoms with E-state index in [-0.39, 0.29) is 17.7 Å². The number of carbonyl (C=O) groups is 1. The first-order valence-corrected chi connectivity index (χ1v) is 10.7. The number of anilines is 1. The van der Waals surface area contributed by atoms with Crippen LogP contribution in [0.5, 0.6) is 5.75 Å². The number of benzene rings is 2. The van der Waals surface area contributed by atoms with Crippen molar-refractivity contribution in [3.8, 4) is 5.75 Å². The number of nitrogens with one attached hydrogen (secondary N) is 2. The molecule has 0 aromatic heterocycles. The van der Waals surface area contributed by atoms with Crippen LogP contribution in [0.3, 0.4) is 0 Å². The van der Waals surface area contributed by atoms with E-state index in [0.717, 1.165) is 29.7 Å². The maximum atomic E-state index is 12.4. The van der Waals surface area contributed by atoms with Crippen molar-refractivity contribution in [3.05, 3.63) is 71.6 Å². The lowest BCUT2D eigenvalue weighted by Gasteiger charge is -2.27. The summed E-state index contributed by atoms with van der Waals surface area (Å²) in [4.78, 5) is 23.3. The summed E-state index contributed by atoms with van der Waals surface area (Å²) in [6, 6.07) is 12.1. The zero-order valence-electron chi connectivity index (χ0n) is 18.4. The number of aliphatic imine (C=N–C) groups is 2. The van der Waals surface area contributed by atoms with Crippen LogP contribution in [0.4, 0.5) is 14.5 Å². The van der Waals surface area contributed by atoms with Crippen molar-refractivity contribution in [3.63, 3.8) is 0 Å². The van der Waals surface area contributed by atoms with E-state index in [1.165, 1.54) is 12.1 Å². The molecule has 0 saturated carbocycles. The van der Waals surface area contributed by atoms with Crippen LogP contribution in [0, 0.1) is 0 Å². The third-order valence-corrected chi connectivity index (χ3v) is 5.49. The van der Waals surface area contributed by atoms with Crippen molar-refractivity contribution in [2.75, 3.05) is 18.9 Å². The molecule has 172 valence electrons. The molecule has 4 rings (SSSR count). The van der Waals surface area contributed by atoms with Crippen LogP contribution in [-0.2, 0) is 6.42 Å². The summed E-state index contributed by atoms with van der Waals surface area (Å²) >= 11 is 0. The van der Waals surface area contributed by atoms with Crippen LogP contribution in [0.2, 0.25) is 0 Å². The number of hydrogen-bond acceptors (Lipinski definition) is 6. The van der Waals surface area contributed by atoms with E-state index in [1.54, 1.807) is 25.4 Å². The molecule has 7 nitrogen and oxygen atoms in total. The lowest BCUT2D eigenvalue weighted by Crippen LogP contribution is -2.37. The SMILES string of the molecule is CCCc1cc(NC2=NC=CN3C2=NCC3c2ccc(OC(F)F)cc2)ccc1C(=O)NC. The average Bonchev–Trinajstić information content (AvgIpc) is 3.24. The third kappa shape index (κ3) is 4.87. The van der Waals surface area contributed by atoms with Crippen molar-refractivity contribution in [1.82, 2.24) is 10.2 Å². The predicted molar refractivity (Wildman–Crippen MR) is 124 cm³/mol. The van der Waals surface area contributed by atoms with Gasteiger partial charge in [-0.2, -0.15) is 8.78 Å². The van der Waals surface area contributed by atoms with E-state index < -0.39 is 6.61 Å². The first kappa shape index (κ1) is 22.4. The second kappa shape index (κ2) is 9.81. The van der Waals surface area contributed by atoms with Gasteiger partial charge in [-0.3, -0.25) is 9.79 Å². The number of amides is 1. The van der Waals surface area contributed by atoms with Gasteiger partial charge in [-0.15, -0.1) is 0 Å². The number of halogens is 2. The molecule has 2 aromatic carbocycles. The molecule has 0 radical (unpaired) electrons. The van der Waals surface area contributed by atoms with Gasteiger partial charge in [0.15, 0.2) is 11.7 Å². The van der Waals surface area contributed by atoms with Gasteiger partial charge >= 0.3 is 6.61 Å². The summed E-state index contributed by atoms with van der Waals surface area (Å²) in [6.07, 6.45) is 5.24. The normalized spacial score (nSPS) is 16.9. The van der Waals surface area contributed by atoms with Gasteiger partial charge in [-0.1, -0.05) is 25.5 Å². The van der Waals surface area contributed by atoms with Gasteiger partial charge in [0.05, 0.1) is 12.6 Å². The molecule has 1 amide bonds. The number of fused-ring (bicyclic) bond motifs is 1. The molecule has 2 N–H and O–H groups in total. The number of alkyl halides is 2. The standard InChI is InChI=1S/C24H25F2N5O2/c1-3-4-16-13-17(7-10-19(16)23(32)27-2)30-21-22-29-14-20(31(22)12-11-28-21)15-5-8-18(9-6-15)33-24(25)26/h5-13,20,24H,3-4,14H2,1-2H3,(H,27,32)(H,28,30). The number of nitrogens with zero attached hydrogens (tertiary/aromatic N) is 3. The van der Waals surface area contributed by atoms with E-state index in [4.69, 9.17) is 0 Å². The molecular formula is C24H25F2N5O2. The van der Waals surface area contributed by atoms with Gasteiger partial charge in [0, 0.05) is 30.7 Å². The Kier molecular flexibility index (Phi) is 6.67. The fourth-order valence-electron chi connectivity index (χ4n) is 3.97. The average molecular weight is 453 g/mol. The minimum absolute atomic E-state index is 0.0737. The van der Waals surface area contributed by atoms with Crippen molar-refractivity contribution < 1.29 is 18.3 Å². The third-order valence-electron chi connectivity index (χ3n) is 5.49. The number of amidine groups is 2. The maximum absolute atomic E-state index is 12.4. The first-order chi connectivity index (χ1) is 16.0. The van der Waals surface area contributed by atoms with Gasteiger partial charge in [0.2, 0.25) is 0 Å². The van der Waals surface area contributed by atoms with E-state index in [0.29, 0.717) is 23.8 Å². The summed E-state index contributed by atoms with van der Waals surface area (Å²) in [5.41, 5.74) is 3.37. The molecule has 2 aromatic rings. The minimum atomic E-state index is -2.85. The highest BCUT2D eigenvalue weighted by atomic mass is 19.3. The topological polar surface area (TPSA) is 78.3 Å². The van der Waals surface area contributed by atoms with Crippen LogP contribution < -0.4 is 15.4 Å². The number of rotatable bonds is 7. The molecule has 2 aliphatic heterocycles. The van der Waals surface area contributed by atoms with Gasteiger partial charge in [-0.25, -0.2) is 4.99 Å². The molecular weight excluding hydrogens is 428 g/mol. The van der Waals surface area contributed by atoms with Crippen LogP contribution in [-0.4, -0.2) is 42.7 Å². The van der Waals surface area contributed by atoms with Gasteiger partial charge in [-0.05, 0) is 47.9 Å². The Labute approximate surface area is 190 Å². The molecule has 0 aliphatic carbocycles. The molecule has 0 saturated heterocycles. The van der Waals surface area contributed by atoms with Crippen LogP contribution in [0.15, 0.2) is 64.8 Å². The van der Waals surface area contributed by atoms with E-state index >= 15 is 0 Å². The summed E-state index contributed by atoms with van der Waals surface area (Å²) < 4.78 is 29.3. The van der Waals surface area contributed by atoms with Crippen LogP contribution in [0.1, 0.15) is 40.9 Å². The molecule has 0 fully saturated rings.